The summed E-state index contributed by atoms with van der Waals surface area (Å²) < 4.78 is 1.90. The first kappa shape index (κ1) is 22.9. The Morgan fingerprint density at radius 1 is 1.03 bits per heavy atom. The van der Waals surface area contributed by atoms with Gasteiger partial charge in [-0.1, -0.05) is 47.7 Å². The zero-order valence-corrected chi connectivity index (χ0v) is 20.2. The maximum atomic E-state index is 12.6. The van der Waals surface area contributed by atoms with Crippen LogP contribution >= 0.6 is 23.5 Å². The van der Waals surface area contributed by atoms with Gasteiger partial charge in [0.25, 0.3) is 0 Å². The number of carbonyl (C=O) groups is 1. The summed E-state index contributed by atoms with van der Waals surface area (Å²) in [5.41, 5.74) is 4.44. The number of para-hydroxylation sites is 1. The van der Waals surface area contributed by atoms with Gasteiger partial charge >= 0.3 is 0 Å². The van der Waals surface area contributed by atoms with E-state index in [9.17, 15) is 9.90 Å². The van der Waals surface area contributed by atoms with E-state index < -0.39 is 0 Å². The van der Waals surface area contributed by atoms with Crippen molar-refractivity contribution >= 4 is 35.1 Å². The summed E-state index contributed by atoms with van der Waals surface area (Å²) in [5, 5.41) is 22.7. The molecule has 33 heavy (non-hydrogen) atoms. The highest BCUT2D eigenvalue weighted by atomic mass is 32.2. The standard InChI is InChI=1S/C25H24N4O2S2/c1-16-11-12-21(17(2)13-16)29-24(20-9-4-5-10-22(20)30)27-28-25(29)33-15-23(31)26-18-7-6-8-19(14-18)32-3/h4-14,30H,15H2,1-3H3,(H,26,31). The number of aryl methyl sites for hydroxylation is 2. The molecule has 168 valence electrons. The van der Waals surface area contributed by atoms with Crippen molar-refractivity contribution in [2.75, 3.05) is 17.3 Å². The average Bonchev–Trinajstić information content (AvgIpc) is 3.21. The molecule has 0 atom stereocenters. The van der Waals surface area contributed by atoms with Gasteiger partial charge < -0.3 is 10.4 Å². The number of rotatable bonds is 7. The molecular weight excluding hydrogens is 452 g/mol. The number of thioether (sulfide) groups is 2. The van der Waals surface area contributed by atoms with E-state index in [1.54, 1.807) is 30.0 Å². The smallest absolute Gasteiger partial charge is 0.234 e. The van der Waals surface area contributed by atoms with Crippen molar-refractivity contribution < 1.29 is 9.90 Å². The van der Waals surface area contributed by atoms with Crippen molar-refractivity contribution in [3.05, 3.63) is 77.9 Å². The van der Waals surface area contributed by atoms with Gasteiger partial charge in [-0.05, 0) is 62.1 Å². The molecule has 0 unspecified atom stereocenters. The third-order valence-corrected chi connectivity index (χ3v) is 6.71. The Kier molecular flexibility index (Phi) is 7.05. The zero-order chi connectivity index (χ0) is 23.4. The number of phenols is 1. The maximum absolute atomic E-state index is 12.6. The first-order valence-corrected chi connectivity index (χ1v) is 12.6. The Morgan fingerprint density at radius 3 is 2.61 bits per heavy atom. The van der Waals surface area contributed by atoms with Crippen LogP contribution in [-0.2, 0) is 4.79 Å². The van der Waals surface area contributed by atoms with E-state index in [0.717, 1.165) is 27.4 Å². The minimum absolute atomic E-state index is 0.124. The quantitative estimate of drug-likeness (QED) is 0.333. The molecule has 0 spiro atoms. The largest absolute Gasteiger partial charge is 0.507 e. The van der Waals surface area contributed by atoms with E-state index in [-0.39, 0.29) is 17.4 Å². The highest BCUT2D eigenvalue weighted by Crippen LogP contribution is 2.33. The number of benzene rings is 3. The van der Waals surface area contributed by atoms with Gasteiger partial charge in [0.1, 0.15) is 5.75 Å². The summed E-state index contributed by atoms with van der Waals surface area (Å²) in [4.78, 5) is 13.7. The van der Waals surface area contributed by atoms with Gasteiger partial charge in [-0.15, -0.1) is 22.0 Å². The van der Waals surface area contributed by atoms with Gasteiger partial charge in [0, 0.05) is 10.6 Å². The number of carbonyl (C=O) groups excluding carboxylic acids is 1. The van der Waals surface area contributed by atoms with E-state index in [1.807, 2.05) is 67.1 Å². The van der Waals surface area contributed by atoms with E-state index in [0.29, 0.717) is 16.5 Å². The topological polar surface area (TPSA) is 80.0 Å². The molecule has 4 aromatic rings. The van der Waals surface area contributed by atoms with E-state index in [1.165, 1.54) is 11.8 Å². The second-order valence-corrected chi connectivity index (χ2v) is 9.34. The third kappa shape index (κ3) is 5.23. The monoisotopic (exact) mass is 476 g/mol. The molecule has 0 aliphatic rings. The summed E-state index contributed by atoms with van der Waals surface area (Å²) in [5.74, 6) is 0.694. The van der Waals surface area contributed by atoms with Crippen molar-refractivity contribution in [1.82, 2.24) is 14.8 Å². The molecule has 3 aromatic carbocycles. The Balaban J connectivity index is 1.64. The highest BCUT2D eigenvalue weighted by molar-refractivity contribution is 7.99. The third-order valence-electron chi connectivity index (χ3n) is 5.06. The van der Waals surface area contributed by atoms with Gasteiger partial charge in [0.2, 0.25) is 5.91 Å². The lowest BCUT2D eigenvalue weighted by Crippen LogP contribution is -2.14. The van der Waals surface area contributed by atoms with E-state index in [4.69, 9.17) is 0 Å². The summed E-state index contributed by atoms with van der Waals surface area (Å²) in [6, 6.07) is 20.9. The number of nitrogens with zero attached hydrogens (tertiary/aromatic N) is 3. The van der Waals surface area contributed by atoms with Crippen molar-refractivity contribution in [2.45, 2.75) is 23.9 Å². The van der Waals surface area contributed by atoms with Crippen LogP contribution in [0.1, 0.15) is 11.1 Å². The summed E-state index contributed by atoms with van der Waals surface area (Å²) in [7, 11) is 0. The van der Waals surface area contributed by atoms with Gasteiger partial charge in [0.05, 0.1) is 17.0 Å². The normalized spacial score (nSPS) is 10.9. The Bertz CT molecular complexity index is 1300. The summed E-state index contributed by atoms with van der Waals surface area (Å²) in [6.45, 7) is 4.07. The molecule has 0 fully saturated rings. The van der Waals surface area contributed by atoms with Crippen LogP contribution in [0.2, 0.25) is 0 Å². The lowest BCUT2D eigenvalue weighted by atomic mass is 10.1. The predicted octanol–water partition coefficient (Wildman–Crippen LogP) is 5.71. The van der Waals surface area contributed by atoms with Crippen molar-refractivity contribution in [3.8, 4) is 22.8 Å². The molecule has 1 aromatic heterocycles. The lowest BCUT2D eigenvalue weighted by Gasteiger charge is -2.14. The molecule has 1 amide bonds. The molecule has 0 aliphatic carbocycles. The zero-order valence-electron chi connectivity index (χ0n) is 18.6. The molecule has 6 nitrogen and oxygen atoms in total. The van der Waals surface area contributed by atoms with Crippen LogP contribution in [0.4, 0.5) is 5.69 Å². The second kappa shape index (κ2) is 10.1. The fourth-order valence-electron chi connectivity index (χ4n) is 3.50. The van der Waals surface area contributed by atoms with Crippen molar-refractivity contribution in [3.63, 3.8) is 0 Å². The molecule has 2 N–H and O–H groups in total. The first-order valence-electron chi connectivity index (χ1n) is 10.3. The Hall–Kier alpha value is -3.23. The number of hydrogen-bond donors (Lipinski definition) is 2. The van der Waals surface area contributed by atoms with E-state index in [2.05, 4.69) is 21.6 Å². The molecular formula is C25H24N4O2S2. The molecule has 1 heterocycles. The summed E-state index contributed by atoms with van der Waals surface area (Å²) >= 11 is 2.93. The van der Waals surface area contributed by atoms with Gasteiger partial charge in [-0.3, -0.25) is 9.36 Å². The fourth-order valence-corrected chi connectivity index (χ4v) is 4.71. The van der Waals surface area contributed by atoms with Crippen LogP contribution in [0.15, 0.2) is 76.8 Å². The van der Waals surface area contributed by atoms with E-state index >= 15 is 0 Å². The first-order chi connectivity index (χ1) is 16.0. The number of anilines is 1. The molecule has 0 bridgehead atoms. The Morgan fingerprint density at radius 2 is 1.85 bits per heavy atom. The van der Waals surface area contributed by atoms with Crippen LogP contribution in [-0.4, -0.2) is 37.8 Å². The van der Waals surface area contributed by atoms with Crippen LogP contribution in [0.5, 0.6) is 5.75 Å². The molecule has 0 aliphatic heterocycles. The van der Waals surface area contributed by atoms with Gasteiger partial charge in [0.15, 0.2) is 11.0 Å². The molecule has 0 saturated heterocycles. The number of amides is 1. The SMILES string of the molecule is CSc1cccc(NC(=O)CSc2nnc(-c3ccccc3O)n2-c2ccc(C)cc2C)c1. The van der Waals surface area contributed by atoms with Crippen LogP contribution in [0, 0.1) is 13.8 Å². The second-order valence-electron chi connectivity index (χ2n) is 7.52. The minimum atomic E-state index is -0.127. The Labute approximate surface area is 201 Å². The van der Waals surface area contributed by atoms with Gasteiger partial charge in [-0.2, -0.15) is 0 Å². The number of nitrogens with one attached hydrogen (secondary N) is 1. The molecule has 0 radical (unpaired) electrons. The maximum Gasteiger partial charge on any atom is 0.234 e. The number of aromatic nitrogens is 3. The van der Waals surface area contributed by atoms with Crippen LogP contribution < -0.4 is 5.32 Å². The fraction of sp³-hybridized carbons (Fsp3) is 0.160. The minimum Gasteiger partial charge on any atom is -0.507 e. The van der Waals surface area contributed by atoms with Gasteiger partial charge in [-0.25, -0.2) is 0 Å². The number of hydrogen-bond acceptors (Lipinski definition) is 6. The van der Waals surface area contributed by atoms with Crippen molar-refractivity contribution in [2.24, 2.45) is 0 Å². The average molecular weight is 477 g/mol. The number of phenolic OH excluding ortho intramolecular Hbond substituents is 1. The summed E-state index contributed by atoms with van der Waals surface area (Å²) in [6.07, 6.45) is 2.00. The highest BCUT2D eigenvalue weighted by Gasteiger charge is 2.20. The lowest BCUT2D eigenvalue weighted by molar-refractivity contribution is -0.113. The molecule has 8 heteroatoms. The van der Waals surface area contributed by atoms with Crippen molar-refractivity contribution in [1.29, 1.82) is 0 Å². The molecule has 0 saturated carbocycles. The predicted molar refractivity (Wildman–Crippen MR) is 136 cm³/mol. The number of aromatic hydroxyl groups is 1. The van der Waals surface area contributed by atoms with Crippen LogP contribution in [0.3, 0.4) is 0 Å². The van der Waals surface area contributed by atoms with Crippen LogP contribution in [0.25, 0.3) is 17.1 Å². The molecule has 4 rings (SSSR count).